The van der Waals surface area contributed by atoms with Crippen LogP contribution in [0.15, 0.2) is 35.3 Å². The van der Waals surface area contributed by atoms with E-state index < -0.39 is 0 Å². The van der Waals surface area contributed by atoms with Crippen molar-refractivity contribution in [3.05, 3.63) is 48.0 Å². The third kappa shape index (κ3) is 2.58. The number of carbonyl (C=O) groups is 1. The molecule has 1 heterocycles. The molecule has 0 bridgehead atoms. The highest BCUT2D eigenvalue weighted by Gasteiger charge is 2.22. The molecule has 0 atom stereocenters. The Morgan fingerprint density at radius 2 is 2.30 bits per heavy atom. The first-order chi connectivity index (χ1) is 9.58. The largest absolute Gasteiger partial charge is 0.451 e. The van der Waals surface area contributed by atoms with Gasteiger partial charge in [-0.2, -0.15) is 0 Å². The summed E-state index contributed by atoms with van der Waals surface area (Å²) in [5.74, 6) is -0.548. The molecule has 0 aliphatic rings. The van der Waals surface area contributed by atoms with Gasteiger partial charge in [0.1, 0.15) is 11.4 Å². The molecule has 1 amide bonds. The number of carbonyl (C=O) groups excluding carboxylic acids is 1. The number of aryl methyl sites for hydroxylation is 1. The number of benzene rings is 1. The molecule has 0 aliphatic heterocycles. The van der Waals surface area contributed by atoms with Gasteiger partial charge in [0, 0.05) is 24.0 Å². The summed E-state index contributed by atoms with van der Waals surface area (Å²) < 4.78 is 18.8. The molecule has 0 spiro atoms. The average Bonchev–Trinajstić information content (AvgIpc) is 2.75. The molecule has 0 saturated heterocycles. The maximum Gasteiger partial charge on any atom is 0.290 e. The lowest BCUT2D eigenvalue weighted by Crippen LogP contribution is -2.33. The highest BCUT2D eigenvalue weighted by Crippen LogP contribution is 2.26. The summed E-state index contributed by atoms with van der Waals surface area (Å²) in [5, 5.41) is 9.58. The van der Waals surface area contributed by atoms with E-state index in [-0.39, 0.29) is 30.6 Å². The van der Waals surface area contributed by atoms with E-state index in [1.807, 2.05) is 0 Å². The maximum atomic E-state index is 13.2. The molecule has 1 aromatic carbocycles. The van der Waals surface area contributed by atoms with Crippen molar-refractivity contribution in [3.8, 4) is 0 Å². The lowest BCUT2D eigenvalue weighted by atomic mass is 10.1. The van der Waals surface area contributed by atoms with Crippen LogP contribution in [0.25, 0.3) is 11.0 Å². The smallest absolute Gasteiger partial charge is 0.290 e. The summed E-state index contributed by atoms with van der Waals surface area (Å²) in [6.07, 6.45) is 1.57. The summed E-state index contributed by atoms with van der Waals surface area (Å²) in [6, 6.07) is 4.13. The van der Waals surface area contributed by atoms with Crippen LogP contribution in [0.1, 0.15) is 16.1 Å². The third-order valence-electron chi connectivity index (χ3n) is 3.10. The molecule has 0 unspecified atom stereocenters. The minimum atomic E-state index is -0.376. The quantitative estimate of drug-likeness (QED) is 0.854. The predicted molar refractivity (Wildman–Crippen MR) is 74.1 cm³/mol. The first-order valence-corrected chi connectivity index (χ1v) is 6.28. The van der Waals surface area contributed by atoms with E-state index in [0.29, 0.717) is 23.1 Å². The van der Waals surface area contributed by atoms with Gasteiger partial charge < -0.3 is 14.4 Å². The molecular formula is C15H16FNO3. The van der Waals surface area contributed by atoms with Gasteiger partial charge in [-0.3, -0.25) is 4.79 Å². The summed E-state index contributed by atoms with van der Waals surface area (Å²) in [5.41, 5.74) is 1.06. The van der Waals surface area contributed by atoms with Crippen molar-refractivity contribution >= 4 is 16.9 Å². The van der Waals surface area contributed by atoms with Crippen LogP contribution in [0, 0.1) is 12.7 Å². The van der Waals surface area contributed by atoms with Gasteiger partial charge in [-0.25, -0.2) is 4.39 Å². The highest BCUT2D eigenvalue weighted by atomic mass is 19.1. The van der Waals surface area contributed by atoms with E-state index in [4.69, 9.17) is 9.52 Å². The number of aliphatic hydroxyl groups is 1. The van der Waals surface area contributed by atoms with Crippen LogP contribution in [0.3, 0.4) is 0 Å². The summed E-state index contributed by atoms with van der Waals surface area (Å²) in [4.78, 5) is 13.8. The number of hydrogen-bond acceptors (Lipinski definition) is 3. The second-order valence-electron chi connectivity index (χ2n) is 4.46. The Morgan fingerprint density at radius 1 is 1.55 bits per heavy atom. The minimum Gasteiger partial charge on any atom is -0.451 e. The Morgan fingerprint density at radius 3 is 2.95 bits per heavy atom. The zero-order valence-electron chi connectivity index (χ0n) is 11.2. The number of nitrogens with zero attached hydrogens (tertiary/aromatic N) is 1. The van der Waals surface area contributed by atoms with Gasteiger partial charge in [-0.1, -0.05) is 6.08 Å². The van der Waals surface area contributed by atoms with Gasteiger partial charge in [0.15, 0.2) is 5.76 Å². The lowest BCUT2D eigenvalue weighted by Gasteiger charge is -2.18. The molecule has 4 nitrogen and oxygen atoms in total. The molecule has 0 fully saturated rings. The van der Waals surface area contributed by atoms with Gasteiger partial charge in [0.25, 0.3) is 5.91 Å². The number of amides is 1. The monoisotopic (exact) mass is 277 g/mol. The molecule has 106 valence electrons. The normalized spacial score (nSPS) is 10.8. The van der Waals surface area contributed by atoms with Gasteiger partial charge in [0.2, 0.25) is 0 Å². The van der Waals surface area contributed by atoms with Crippen molar-refractivity contribution in [2.45, 2.75) is 6.92 Å². The number of aliphatic hydroxyl groups excluding tert-OH is 1. The van der Waals surface area contributed by atoms with Gasteiger partial charge in [0.05, 0.1) is 6.61 Å². The lowest BCUT2D eigenvalue weighted by molar-refractivity contribution is 0.0712. The van der Waals surface area contributed by atoms with E-state index in [1.54, 1.807) is 13.0 Å². The molecule has 20 heavy (non-hydrogen) atoms. The van der Waals surface area contributed by atoms with Crippen LogP contribution in [0.4, 0.5) is 4.39 Å². The predicted octanol–water partition coefficient (Wildman–Crippen LogP) is 2.50. The van der Waals surface area contributed by atoms with Crippen molar-refractivity contribution < 1.29 is 18.7 Å². The molecule has 0 radical (unpaired) electrons. The van der Waals surface area contributed by atoms with E-state index in [9.17, 15) is 9.18 Å². The second kappa shape index (κ2) is 5.88. The van der Waals surface area contributed by atoms with Gasteiger partial charge in [-0.05, 0) is 25.1 Å². The molecule has 0 aliphatic carbocycles. The van der Waals surface area contributed by atoms with Crippen LogP contribution >= 0.6 is 0 Å². The van der Waals surface area contributed by atoms with Crippen molar-refractivity contribution in [1.29, 1.82) is 0 Å². The van der Waals surface area contributed by atoms with Crippen LogP contribution < -0.4 is 0 Å². The Hall–Kier alpha value is -2.14. The number of rotatable bonds is 5. The van der Waals surface area contributed by atoms with E-state index in [0.717, 1.165) is 0 Å². The third-order valence-corrected chi connectivity index (χ3v) is 3.10. The molecule has 0 saturated carbocycles. The van der Waals surface area contributed by atoms with Crippen molar-refractivity contribution in [2.75, 3.05) is 19.7 Å². The van der Waals surface area contributed by atoms with Crippen molar-refractivity contribution in [2.24, 2.45) is 0 Å². The van der Waals surface area contributed by atoms with Crippen LogP contribution in [0.5, 0.6) is 0 Å². The zero-order valence-corrected chi connectivity index (χ0v) is 11.2. The molecule has 5 heteroatoms. The number of fused-ring (bicyclic) bond motifs is 1. The van der Waals surface area contributed by atoms with E-state index >= 15 is 0 Å². The van der Waals surface area contributed by atoms with Crippen LogP contribution in [-0.2, 0) is 0 Å². The molecule has 2 aromatic rings. The topological polar surface area (TPSA) is 53.7 Å². The van der Waals surface area contributed by atoms with E-state index in [1.165, 1.54) is 23.1 Å². The van der Waals surface area contributed by atoms with Crippen molar-refractivity contribution in [3.63, 3.8) is 0 Å². The van der Waals surface area contributed by atoms with Crippen LogP contribution in [0.2, 0.25) is 0 Å². The molecular weight excluding hydrogens is 261 g/mol. The fourth-order valence-corrected chi connectivity index (χ4v) is 2.09. The Kier molecular flexibility index (Phi) is 4.20. The SMILES string of the molecule is C=CCN(CCO)C(=O)c1oc2ccc(F)cc2c1C. The standard InChI is InChI=1S/C15H16FNO3/c1-3-6-17(7-8-18)15(19)14-10(2)12-9-11(16)4-5-13(12)20-14/h3-5,9,18H,1,6-8H2,2H3. The van der Waals surface area contributed by atoms with Crippen LogP contribution in [-0.4, -0.2) is 35.6 Å². The number of halogens is 1. The summed E-state index contributed by atoms with van der Waals surface area (Å²) in [6.45, 7) is 5.65. The maximum absolute atomic E-state index is 13.2. The summed E-state index contributed by atoms with van der Waals surface area (Å²) in [7, 11) is 0. The fraction of sp³-hybridized carbons (Fsp3) is 0.267. The zero-order chi connectivity index (χ0) is 14.7. The van der Waals surface area contributed by atoms with E-state index in [2.05, 4.69) is 6.58 Å². The first kappa shape index (κ1) is 14.3. The first-order valence-electron chi connectivity index (χ1n) is 6.28. The second-order valence-corrected chi connectivity index (χ2v) is 4.46. The highest BCUT2D eigenvalue weighted by molar-refractivity contribution is 5.99. The Balaban J connectivity index is 2.43. The van der Waals surface area contributed by atoms with Gasteiger partial charge in [-0.15, -0.1) is 6.58 Å². The summed E-state index contributed by atoms with van der Waals surface area (Å²) >= 11 is 0. The molecule has 1 N–H and O–H groups in total. The average molecular weight is 277 g/mol. The Labute approximate surface area is 116 Å². The number of hydrogen-bond donors (Lipinski definition) is 1. The molecule has 1 aromatic heterocycles. The molecule has 2 rings (SSSR count). The van der Waals surface area contributed by atoms with Gasteiger partial charge >= 0.3 is 0 Å². The minimum absolute atomic E-state index is 0.145. The van der Waals surface area contributed by atoms with Crippen molar-refractivity contribution in [1.82, 2.24) is 4.90 Å². The Bertz CT molecular complexity index is 648. The fourth-order valence-electron chi connectivity index (χ4n) is 2.09. The number of furan rings is 1.